The minimum Gasteiger partial charge on any atom is -0.373 e. The summed E-state index contributed by atoms with van der Waals surface area (Å²) >= 11 is 3.61. The molecule has 0 aromatic heterocycles. The van der Waals surface area contributed by atoms with Crippen molar-refractivity contribution in [2.24, 2.45) is 0 Å². The van der Waals surface area contributed by atoms with Crippen molar-refractivity contribution in [1.82, 2.24) is 10.2 Å². The van der Waals surface area contributed by atoms with Crippen molar-refractivity contribution in [2.45, 2.75) is 38.8 Å². The maximum atomic E-state index is 3.61. The molecule has 1 aliphatic heterocycles. The van der Waals surface area contributed by atoms with Crippen LogP contribution in [0.15, 0.2) is 22.7 Å². The van der Waals surface area contributed by atoms with Gasteiger partial charge in [0.25, 0.3) is 0 Å². The van der Waals surface area contributed by atoms with Crippen molar-refractivity contribution in [3.63, 3.8) is 0 Å². The zero-order valence-electron chi connectivity index (χ0n) is 13.5. The first-order valence-electron chi connectivity index (χ1n) is 8.02. The molecular formula is C17H28BrN3. The molecule has 1 atom stereocenters. The molecule has 1 aromatic rings. The van der Waals surface area contributed by atoms with Crippen molar-refractivity contribution in [3.05, 3.63) is 28.2 Å². The van der Waals surface area contributed by atoms with Crippen molar-refractivity contribution in [2.75, 3.05) is 38.6 Å². The number of hydrogen-bond donors (Lipinski definition) is 1. The monoisotopic (exact) mass is 353 g/mol. The maximum absolute atomic E-state index is 3.61. The Morgan fingerprint density at radius 1 is 1.43 bits per heavy atom. The highest BCUT2D eigenvalue weighted by Crippen LogP contribution is 2.26. The van der Waals surface area contributed by atoms with E-state index < -0.39 is 0 Å². The topological polar surface area (TPSA) is 18.5 Å². The highest BCUT2D eigenvalue weighted by Gasteiger charge is 2.22. The summed E-state index contributed by atoms with van der Waals surface area (Å²) in [6.45, 7) is 6.57. The number of likely N-dealkylation sites (N-methyl/N-ethyl adjacent to an activating group) is 2. The van der Waals surface area contributed by atoms with Crippen LogP contribution in [0.2, 0.25) is 0 Å². The van der Waals surface area contributed by atoms with Gasteiger partial charge in [0, 0.05) is 36.3 Å². The number of nitrogens with one attached hydrogen (secondary N) is 1. The molecule has 0 aliphatic carbocycles. The predicted molar refractivity (Wildman–Crippen MR) is 95.1 cm³/mol. The molecule has 21 heavy (non-hydrogen) atoms. The molecule has 1 heterocycles. The molecule has 118 valence electrons. The molecule has 1 unspecified atom stereocenters. The lowest BCUT2D eigenvalue weighted by Crippen LogP contribution is -2.37. The van der Waals surface area contributed by atoms with Gasteiger partial charge in [0.1, 0.15) is 0 Å². The first-order chi connectivity index (χ1) is 10.1. The average Bonchev–Trinajstić information content (AvgIpc) is 2.86. The number of likely N-dealkylation sites (tertiary alicyclic amines) is 1. The van der Waals surface area contributed by atoms with Gasteiger partial charge < -0.3 is 15.1 Å². The minimum absolute atomic E-state index is 0.686. The molecule has 0 spiro atoms. The maximum Gasteiger partial charge on any atom is 0.0421 e. The van der Waals surface area contributed by atoms with E-state index in [1.807, 2.05) is 0 Å². The van der Waals surface area contributed by atoms with Gasteiger partial charge in [-0.05, 0) is 57.1 Å². The van der Waals surface area contributed by atoms with Gasteiger partial charge >= 0.3 is 0 Å². The van der Waals surface area contributed by atoms with Crippen LogP contribution in [0.25, 0.3) is 0 Å². The summed E-state index contributed by atoms with van der Waals surface area (Å²) in [7, 11) is 4.47. The van der Waals surface area contributed by atoms with Gasteiger partial charge in [0.15, 0.2) is 0 Å². The fourth-order valence-electron chi connectivity index (χ4n) is 3.07. The molecule has 0 radical (unpaired) electrons. The number of nitrogens with zero attached hydrogens (tertiary/aromatic N) is 2. The van der Waals surface area contributed by atoms with E-state index in [1.54, 1.807) is 0 Å². The van der Waals surface area contributed by atoms with Crippen LogP contribution in [0, 0.1) is 0 Å². The first kappa shape index (κ1) is 16.8. The van der Waals surface area contributed by atoms with Gasteiger partial charge in [0.05, 0.1) is 0 Å². The van der Waals surface area contributed by atoms with Gasteiger partial charge in [-0.1, -0.05) is 28.9 Å². The smallest absolute Gasteiger partial charge is 0.0421 e. The Bertz CT molecular complexity index is 450. The second kappa shape index (κ2) is 8.16. The summed E-state index contributed by atoms with van der Waals surface area (Å²) in [5, 5.41) is 3.52. The molecule has 1 fully saturated rings. The average molecular weight is 354 g/mol. The van der Waals surface area contributed by atoms with Gasteiger partial charge in [-0.15, -0.1) is 0 Å². The Morgan fingerprint density at radius 3 is 2.90 bits per heavy atom. The molecule has 1 aromatic carbocycles. The zero-order valence-corrected chi connectivity index (χ0v) is 15.1. The second-order valence-corrected chi connectivity index (χ2v) is 7.02. The van der Waals surface area contributed by atoms with Crippen molar-refractivity contribution < 1.29 is 0 Å². The van der Waals surface area contributed by atoms with E-state index in [2.05, 4.69) is 70.3 Å². The fourth-order valence-corrected chi connectivity index (χ4v) is 3.42. The number of anilines is 1. The molecule has 1 saturated heterocycles. The highest BCUT2D eigenvalue weighted by molar-refractivity contribution is 9.10. The summed E-state index contributed by atoms with van der Waals surface area (Å²) in [6, 6.07) is 7.31. The minimum atomic E-state index is 0.686. The van der Waals surface area contributed by atoms with Crippen LogP contribution in [0.3, 0.4) is 0 Å². The van der Waals surface area contributed by atoms with Gasteiger partial charge in [0.2, 0.25) is 0 Å². The van der Waals surface area contributed by atoms with E-state index in [9.17, 15) is 0 Å². The van der Waals surface area contributed by atoms with Crippen molar-refractivity contribution >= 4 is 21.6 Å². The Morgan fingerprint density at radius 2 is 2.24 bits per heavy atom. The van der Waals surface area contributed by atoms with Gasteiger partial charge in [-0.25, -0.2) is 0 Å². The van der Waals surface area contributed by atoms with Crippen LogP contribution >= 0.6 is 15.9 Å². The van der Waals surface area contributed by atoms with E-state index in [0.29, 0.717) is 6.04 Å². The summed E-state index contributed by atoms with van der Waals surface area (Å²) in [5.74, 6) is 0. The van der Waals surface area contributed by atoms with E-state index >= 15 is 0 Å². The third-order valence-electron chi connectivity index (χ3n) is 4.36. The largest absolute Gasteiger partial charge is 0.373 e. The third kappa shape index (κ3) is 4.70. The van der Waals surface area contributed by atoms with Crippen LogP contribution in [-0.2, 0) is 6.54 Å². The first-order valence-corrected chi connectivity index (χ1v) is 8.81. The van der Waals surface area contributed by atoms with Gasteiger partial charge in [-0.3, -0.25) is 0 Å². The lowest BCUT2D eigenvalue weighted by molar-refractivity contribution is 0.314. The number of halogens is 1. The summed E-state index contributed by atoms with van der Waals surface area (Å²) < 4.78 is 1.16. The quantitative estimate of drug-likeness (QED) is 0.757. The number of rotatable bonds is 7. The normalized spacial score (nSPS) is 19.1. The summed E-state index contributed by atoms with van der Waals surface area (Å²) in [6.07, 6.45) is 3.82. The molecule has 0 amide bonds. The molecule has 2 rings (SSSR count). The Labute approximate surface area is 137 Å². The molecule has 1 N–H and O–H groups in total. The van der Waals surface area contributed by atoms with Crippen LogP contribution in [-0.4, -0.2) is 44.7 Å². The fraction of sp³-hybridized carbons (Fsp3) is 0.647. The van der Waals surface area contributed by atoms with Crippen LogP contribution in [0.1, 0.15) is 31.7 Å². The highest BCUT2D eigenvalue weighted by atomic mass is 79.9. The zero-order chi connectivity index (χ0) is 15.2. The van der Waals surface area contributed by atoms with Crippen LogP contribution in [0.5, 0.6) is 0 Å². The number of hydrogen-bond acceptors (Lipinski definition) is 3. The van der Waals surface area contributed by atoms with Crippen LogP contribution < -0.4 is 10.2 Å². The van der Waals surface area contributed by atoms with E-state index in [4.69, 9.17) is 0 Å². The third-order valence-corrected chi connectivity index (χ3v) is 4.85. The van der Waals surface area contributed by atoms with Crippen molar-refractivity contribution in [3.8, 4) is 0 Å². The van der Waals surface area contributed by atoms with Crippen molar-refractivity contribution in [1.29, 1.82) is 0 Å². The standard InChI is InChI=1S/C17H28BrN3/c1-4-9-19-12-14-7-8-15(18)11-17(14)21(3)13-16-6-5-10-20(16)2/h7-8,11,16,19H,4-6,9-10,12-13H2,1-3H3. The Balaban J connectivity index is 2.06. The van der Waals surface area contributed by atoms with Gasteiger partial charge in [-0.2, -0.15) is 0 Å². The molecule has 0 saturated carbocycles. The second-order valence-electron chi connectivity index (χ2n) is 6.11. The molecular weight excluding hydrogens is 326 g/mol. The van der Waals surface area contributed by atoms with E-state index in [1.165, 1.54) is 37.1 Å². The lowest BCUT2D eigenvalue weighted by atomic mass is 10.1. The molecule has 4 heteroatoms. The molecule has 3 nitrogen and oxygen atoms in total. The van der Waals surface area contributed by atoms with E-state index in [0.717, 1.165) is 24.1 Å². The lowest BCUT2D eigenvalue weighted by Gasteiger charge is -2.29. The Kier molecular flexibility index (Phi) is 6.52. The summed E-state index contributed by atoms with van der Waals surface area (Å²) in [4.78, 5) is 4.91. The Hall–Kier alpha value is -0.580. The number of benzene rings is 1. The SMILES string of the molecule is CCCNCc1ccc(Br)cc1N(C)CC1CCCN1C. The predicted octanol–water partition coefficient (Wildman–Crippen LogP) is 3.48. The van der Waals surface area contributed by atoms with E-state index in [-0.39, 0.29) is 0 Å². The summed E-state index contributed by atoms with van der Waals surface area (Å²) in [5.41, 5.74) is 2.73. The van der Waals surface area contributed by atoms with Crippen LogP contribution in [0.4, 0.5) is 5.69 Å². The molecule has 0 bridgehead atoms. The molecule has 1 aliphatic rings.